The summed E-state index contributed by atoms with van der Waals surface area (Å²) in [5.41, 5.74) is 0. The molecule has 2 nitrogen and oxygen atoms in total. The van der Waals surface area contributed by atoms with Crippen LogP contribution < -0.4 is 29.4 Å². The lowest BCUT2D eigenvalue weighted by Crippen LogP contribution is -3.00. The van der Waals surface area contributed by atoms with Gasteiger partial charge in [0.1, 0.15) is 0 Å². The Balaban J connectivity index is -0.000000466. The van der Waals surface area contributed by atoms with E-state index < -0.39 is 0 Å². The van der Waals surface area contributed by atoms with Gasteiger partial charge in [-0.05, 0) is 51.4 Å². The molecule has 0 aliphatic heterocycles. The summed E-state index contributed by atoms with van der Waals surface area (Å²) >= 11 is 0. The van der Waals surface area contributed by atoms with Crippen LogP contribution in [-0.4, -0.2) is 63.3 Å². The smallest absolute Gasteiger partial charge is 0.0782 e. The maximum atomic E-state index is 2.45. The first-order chi connectivity index (χ1) is 26.2. The van der Waals surface area contributed by atoms with Crippen molar-refractivity contribution in [2.45, 2.75) is 285 Å². The molecule has 0 aliphatic rings. The standard InChI is InChI=1S/2C26H56N.BrH.ClH/c2*1-5-7-9-11-13-15-17-19-21-23-25-27(3,4)26-24-22-20-18-16-14-12-10-8-6-2;;/h2*5-26H2,1-4H3;2*1H/q2*+1;;/p-2. The minimum absolute atomic E-state index is 0. The number of rotatable bonds is 44. The van der Waals surface area contributed by atoms with Crippen molar-refractivity contribution in [3.05, 3.63) is 0 Å². The molecular weight excluding hydrogens is 768 g/mol. The Morgan fingerprint density at radius 2 is 0.304 bits per heavy atom. The molecule has 56 heavy (non-hydrogen) atoms. The van der Waals surface area contributed by atoms with Gasteiger partial charge in [-0.1, -0.05) is 233 Å². The van der Waals surface area contributed by atoms with Gasteiger partial charge >= 0.3 is 0 Å². The van der Waals surface area contributed by atoms with Gasteiger partial charge in [-0.25, -0.2) is 0 Å². The van der Waals surface area contributed by atoms with E-state index in [2.05, 4.69) is 55.9 Å². The zero-order valence-corrected chi connectivity index (χ0v) is 43.1. The van der Waals surface area contributed by atoms with E-state index in [-0.39, 0.29) is 29.4 Å². The minimum atomic E-state index is 0. The molecule has 0 unspecified atom stereocenters. The van der Waals surface area contributed by atoms with Crippen LogP contribution >= 0.6 is 0 Å². The minimum Gasteiger partial charge on any atom is -1.00 e. The third-order valence-electron chi connectivity index (χ3n) is 12.5. The predicted molar refractivity (Wildman–Crippen MR) is 251 cm³/mol. The van der Waals surface area contributed by atoms with Gasteiger partial charge in [-0.15, -0.1) is 0 Å². The van der Waals surface area contributed by atoms with Gasteiger partial charge in [0, 0.05) is 0 Å². The SMILES string of the molecule is CCCCCCCCCCCC[N+](C)(C)CCCCCCCCCCCC.CCCCCCCCCCCC[N+](C)(C)CCCCCCCCCCCC.[Br-].[Cl-]. The number of hydrogen-bond donors (Lipinski definition) is 0. The fourth-order valence-corrected chi connectivity index (χ4v) is 8.33. The van der Waals surface area contributed by atoms with Gasteiger partial charge < -0.3 is 38.4 Å². The van der Waals surface area contributed by atoms with E-state index in [0.29, 0.717) is 0 Å². The lowest BCUT2D eigenvalue weighted by molar-refractivity contribution is -0.890. The first-order valence-corrected chi connectivity index (χ1v) is 25.9. The second-order valence-corrected chi connectivity index (χ2v) is 19.5. The lowest BCUT2D eigenvalue weighted by atomic mass is 10.1. The van der Waals surface area contributed by atoms with E-state index in [0.717, 1.165) is 0 Å². The van der Waals surface area contributed by atoms with E-state index in [4.69, 9.17) is 0 Å². The lowest BCUT2D eigenvalue weighted by Gasteiger charge is -2.30. The van der Waals surface area contributed by atoms with E-state index in [1.54, 1.807) is 0 Å². The molecule has 0 saturated carbocycles. The second kappa shape index (κ2) is 51.8. The van der Waals surface area contributed by atoms with Crippen molar-refractivity contribution in [1.82, 2.24) is 0 Å². The first-order valence-electron chi connectivity index (χ1n) is 25.9. The molecule has 0 aromatic heterocycles. The van der Waals surface area contributed by atoms with Crippen molar-refractivity contribution in [2.24, 2.45) is 0 Å². The summed E-state index contributed by atoms with van der Waals surface area (Å²) in [4.78, 5) is 0. The summed E-state index contributed by atoms with van der Waals surface area (Å²) < 4.78 is 2.49. The highest BCUT2D eigenvalue weighted by Crippen LogP contribution is 2.16. The Hall–Kier alpha value is 0.690. The summed E-state index contributed by atoms with van der Waals surface area (Å²) in [6.07, 6.45) is 58.0. The molecule has 4 heteroatoms. The van der Waals surface area contributed by atoms with Gasteiger partial charge in [0.2, 0.25) is 0 Å². The van der Waals surface area contributed by atoms with Crippen molar-refractivity contribution in [3.8, 4) is 0 Å². The van der Waals surface area contributed by atoms with Crippen LogP contribution in [0.25, 0.3) is 0 Å². The molecular formula is C52H112BrClN2. The highest BCUT2D eigenvalue weighted by atomic mass is 79.9. The van der Waals surface area contributed by atoms with Gasteiger partial charge in [0.25, 0.3) is 0 Å². The van der Waals surface area contributed by atoms with Gasteiger partial charge in [-0.3, -0.25) is 0 Å². The highest BCUT2D eigenvalue weighted by Gasteiger charge is 2.14. The molecule has 0 N–H and O–H groups in total. The summed E-state index contributed by atoms with van der Waals surface area (Å²) in [7, 11) is 9.78. The fraction of sp³-hybridized carbons (Fsp3) is 1.00. The largest absolute Gasteiger partial charge is 1.00 e. The fourth-order valence-electron chi connectivity index (χ4n) is 8.33. The third-order valence-corrected chi connectivity index (χ3v) is 12.5. The van der Waals surface area contributed by atoms with Crippen molar-refractivity contribution in [3.63, 3.8) is 0 Å². The summed E-state index contributed by atoms with van der Waals surface area (Å²) in [5.74, 6) is 0. The molecule has 0 rings (SSSR count). The van der Waals surface area contributed by atoms with E-state index in [1.807, 2.05) is 0 Å². The van der Waals surface area contributed by atoms with E-state index in [1.165, 1.54) is 292 Å². The molecule has 0 fully saturated rings. The Morgan fingerprint density at radius 1 is 0.196 bits per heavy atom. The molecule has 0 aromatic carbocycles. The molecule has 0 aromatic rings. The Morgan fingerprint density at radius 3 is 0.429 bits per heavy atom. The summed E-state index contributed by atoms with van der Waals surface area (Å²) in [5, 5.41) is 0. The Bertz CT molecular complexity index is 561. The molecule has 0 saturated heterocycles. The zero-order chi connectivity index (χ0) is 40.1. The summed E-state index contributed by atoms with van der Waals surface area (Å²) in [6.45, 7) is 14.7. The maximum absolute atomic E-state index is 2.45. The van der Waals surface area contributed by atoms with Crippen LogP contribution in [0.1, 0.15) is 285 Å². The zero-order valence-electron chi connectivity index (χ0n) is 40.8. The van der Waals surface area contributed by atoms with Crippen molar-refractivity contribution in [2.75, 3.05) is 54.4 Å². The van der Waals surface area contributed by atoms with Crippen LogP contribution in [0.4, 0.5) is 0 Å². The predicted octanol–water partition coefficient (Wildman–Crippen LogP) is 11.8. The van der Waals surface area contributed by atoms with Crippen LogP contribution in [0.15, 0.2) is 0 Å². The molecule has 0 radical (unpaired) electrons. The Kier molecular flexibility index (Phi) is 58.6. The van der Waals surface area contributed by atoms with Crippen molar-refractivity contribution in [1.29, 1.82) is 0 Å². The monoisotopic (exact) mass is 879 g/mol. The number of quaternary nitrogens is 2. The number of unbranched alkanes of at least 4 members (excludes halogenated alkanes) is 36. The first kappa shape index (κ1) is 63.3. The molecule has 0 aliphatic carbocycles. The van der Waals surface area contributed by atoms with Crippen LogP contribution in [0.3, 0.4) is 0 Å². The molecule has 0 amide bonds. The van der Waals surface area contributed by atoms with Crippen LogP contribution in [0.5, 0.6) is 0 Å². The average Bonchev–Trinajstić information content (AvgIpc) is 3.15. The molecule has 0 heterocycles. The van der Waals surface area contributed by atoms with Gasteiger partial charge in [-0.2, -0.15) is 0 Å². The van der Waals surface area contributed by atoms with E-state index >= 15 is 0 Å². The summed E-state index contributed by atoms with van der Waals surface area (Å²) in [6, 6.07) is 0. The van der Waals surface area contributed by atoms with Gasteiger partial charge in [0.15, 0.2) is 0 Å². The average molecular weight is 881 g/mol. The van der Waals surface area contributed by atoms with Crippen molar-refractivity contribution < 1.29 is 38.4 Å². The van der Waals surface area contributed by atoms with E-state index in [9.17, 15) is 0 Å². The molecule has 0 spiro atoms. The highest BCUT2D eigenvalue weighted by molar-refractivity contribution is 4.52. The van der Waals surface area contributed by atoms with Crippen LogP contribution in [0.2, 0.25) is 0 Å². The van der Waals surface area contributed by atoms with Gasteiger partial charge in [0.05, 0.1) is 54.4 Å². The molecule has 0 bridgehead atoms. The number of halogens is 2. The normalized spacial score (nSPS) is 11.6. The topological polar surface area (TPSA) is 0 Å². The number of nitrogens with zero attached hydrogens (tertiary/aromatic N) is 2. The molecule has 344 valence electrons. The van der Waals surface area contributed by atoms with Crippen molar-refractivity contribution >= 4 is 0 Å². The quantitative estimate of drug-likeness (QED) is 0.0423. The third kappa shape index (κ3) is 56.8. The van der Waals surface area contributed by atoms with Crippen LogP contribution in [-0.2, 0) is 0 Å². The maximum Gasteiger partial charge on any atom is 0.0782 e. The Labute approximate surface area is 375 Å². The molecule has 0 atom stereocenters. The van der Waals surface area contributed by atoms with Crippen LogP contribution in [0, 0.1) is 0 Å². The number of hydrogen-bond acceptors (Lipinski definition) is 0. The second-order valence-electron chi connectivity index (χ2n) is 19.5.